The molecule has 0 saturated heterocycles. The Hall–Kier alpha value is -0.880. The van der Waals surface area contributed by atoms with E-state index in [0.717, 1.165) is 0 Å². The van der Waals surface area contributed by atoms with Crippen LogP contribution in [0.3, 0.4) is 0 Å². The number of nitrogens with zero attached hydrogens (tertiary/aromatic N) is 1. The molecule has 0 aliphatic carbocycles. The van der Waals surface area contributed by atoms with Crippen molar-refractivity contribution in [3.8, 4) is 6.07 Å². The Morgan fingerprint density at radius 1 is 2.00 bits per heavy atom. The molecule has 0 rings (SSSR count). The Labute approximate surface area is 47.9 Å². The Kier molecular flexibility index (Phi) is 3.81. The standard InChI is InChI=1S/C5H7NO2/c1-2-8-5(3-6)4-7/h4-5H,2H2,1H3. The van der Waals surface area contributed by atoms with E-state index < -0.39 is 6.10 Å². The van der Waals surface area contributed by atoms with Gasteiger partial charge in [-0.05, 0) is 6.92 Å². The van der Waals surface area contributed by atoms with Gasteiger partial charge in [0.2, 0.25) is 0 Å². The van der Waals surface area contributed by atoms with Crippen molar-refractivity contribution in [3.05, 3.63) is 0 Å². The summed E-state index contributed by atoms with van der Waals surface area (Å²) in [5.74, 6) is 0. The Morgan fingerprint density at radius 2 is 2.62 bits per heavy atom. The highest BCUT2D eigenvalue weighted by Gasteiger charge is 2.00. The van der Waals surface area contributed by atoms with Gasteiger partial charge in [0.1, 0.15) is 6.07 Å². The lowest BCUT2D eigenvalue weighted by atomic mass is 10.4. The second-order valence-corrected chi connectivity index (χ2v) is 1.14. The van der Waals surface area contributed by atoms with Gasteiger partial charge >= 0.3 is 0 Å². The monoisotopic (exact) mass is 113 g/mol. The summed E-state index contributed by atoms with van der Waals surface area (Å²) in [4.78, 5) is 9.78. The maximum atomic E-state index is 9.78. The molecule has 0 aromatic heterocycles. The highest BCUT2D eigenvalue weighted by molar-refractivity contribution is 5.60. The number of hydrogen-bond donors (Lipinski definition) is 0. The Morgan fingerprint density at radius 3 is 2.75 bits per heavy atom. The van der Waals surface area contributed by atoms with Crippen LogP contribution in [-0.4, -0.2) is 19.0 Å². The van der Waals surface area contributed by atoms with Gasteiger partial charge in [-0.1, -0.05) is 0 Å². The van der Waals surface area contributed by atoms with E-state index >= 15 is 0 Å². The van der Waals surface area contributed by atoms with Crippen LogP contribution >= 0.6 is 0 Å². The van der Waals surface area contributed by atoms with Crippen molar-refractivity contribution in [2.45, 2.75) is 13.0 Å². The second kappa shape index (κ2) is 4.28. The lowest BCUT2D eigenvalue weighted by Gasteiger charge is -1.96. The van der Waals surface area contributed by atoms with Gasteiger partial charge in [0.05, 0.1) is 0 Å². The van der Waals surface area contributed by atoms with Crippen molar-refractivity contribution in [2.75, 3.05) is 6.61 Å². The lowest BCUT2D eigenvalue weighted by Crippen LogP contribution is -2.10. The molecule has 0 bridgehead atoms. The molecule has 0 saturated carbocycles. The molecule has 0 spiro atoms. The smallest absolute Gasteiger partial charge is 0.198 e. The number of rotatable bonds is 3. The first-order valence-corrected chi connectivity index (χ1v) is 2.31. The van der Waals surface area contributed by atoms with Crippen molar-refractivity contribution in [1.82, 2.24) is 0 Å². The van der Waals surface area contributed by atoms with Gasteiger partial charge in [0, 0.05) is 6.61 Å². The van der Waals surface area contributed by atoms with Crippen molar-refractivity contribution in [3.63, 3.8) is 0 Å². The zero-order chi connectivity index (χ0) is 6.41. The van der Waals surface area contributed by atoms with E-state index in [1.807, 2.05) is 0 Å². The Bertz CT molecular complexity index is 105. The van der Waals surface area contributed by atoms with Gasteiger partial charge in [-0.15, -0.1) is 0 Å². The molecule has 1 atom stereocenters. The van der Waals surface area contributed by atoms with Crippen LogP contribution in [-0.2, 0) is 9.53 Å². The van der Waals surface area contributed by atoms with E-state index in [-0.39, 0.29) is 0 Å². The molecule has 0 aromatic rings. The number of ether oxygens (including phenoxy) is 1. The molecular formula is C5H7NO2. The molecule has 0 N–H and O–H groups in total. The third kappa shape index (κ3) is 2.32. The molecule has 0 amide bonds. The topological polar surface area (TPSA) is 50.1 Å². The Balaban J connectivity index is 3.40. The molecule has 0 aromatic carbocycles. The second-order valence-electron chi connectivity index (χ2n) is 1.14. The van der Waals surface area contributed by atoms with E-state index in [4.69, 9.17) is 5.26 Å². The predicted octanol–water partition coefficient (Wildman–Crippen LogP) is 0.114. The maximum Gasteiger partial charge on any atom is 0.198 e. The largest absolute Gasteiger partial charge is 0.356 e. The lowest BCUT2D eigenvalue weighted by molar-refractivity contribution is -0.114. The molecule has 3 nitrogen and oxygen atoms in total. The van der Waals surface area contributed by atoms with Crippen LogP contribution in [0.2, 0.25) is 0 Å². The van der Waals surface area contributed by atoms with Crippen molar-refractivity contribution in [1.29, 1.82) is 5.26 Å². The quantitative estimate of drug-likeness (QED) is 0.488. The zero-order valence-electron chi connectivity index (χ0n) is 4.63. The highest BCUT2D eigenvalue weighted by Crippen LogP contribution is 1.81. The third-order valence-corrected chi connectivity index (χ3v) is 0.597. The van der Waals surface area contributed by atoms with Crippen LogP contribution < -0.4 is 0 Å². The van der Waals surface area contributed by atoms with E-state index in [1.165, 1.54) is 0 Å². The molecule has 44 valence electrons. The van der Waals surface area contributed by atoms with Crippen LogP contribution in [0.5, 0.6) is 0 Å². The minimum absolute atomic E-state index is 0.400. The van der Waals surface area contributed by atoms with Crippen molar-refractivity contribution in [2.24, 2.45) is 0 Å². The fourth-order valence-corrected chi connectivity index (χ4v) is 0.287. The molecule has 8 heavy (non-hydrogen) atoms. The molecule has 0 heterocycles. The summed E-state index contributed by atoms with van der Waals surface area (Å²) in [6, 6.07) is 1.66. The number of carbonyl (C=O) groups is 1. The average Bonchev–Trinajstić information content (AvgIpc) is 1.83. The molecular weight excluding hydrogens is 106 g/mol. The van der Waals surface area contributed by atoms with E-state index in [9.17, 15) is 4.79 Å². The minimum Gasteiger partial charge on any atom is -0.356 e. The minimum atomic E-state index is -0.875. The first kappa shape index (κ1) is 7.12. The summed E-state index contributed by atoms with van der Waals surface area (Å²) in [5, 5.41) is 8.05. The summed E-state index contributed by atoms with van der Waals surface area (Å²) in [5.41, 5.74) is 0. The zero-order valence-corrected chi connectivity index (χ0v) is 4.63. The van der Waals surface area contributed by atoms with Crippen LogP contribution in [0.15, 0.2) is 0 Å². The van der Waals surface area contributed by atoms with E-state index in [1.54, 1.807) is 13.0 Å². The van der Waals surface area contributed by atoms with E-state index in [2.05, 4.69) is 4.74 Å². The van der Waals surface area contributed by atoms with Gasteiger partial charge < -0.3 is 4.74 Å². The van der Waals surface area contributed by atoms with Gasteiger partial charge in [0.25, 0.3) is 0 Å². The van der Waals surface area contributed by atoms with E-state index in [0.29, 0.717) is 12.9 Å². The number of nitriles is 1. The summed E-state index contributed by atoms with van der Waals surface area (Å²) in [6.07, 6.45) is -0.399. The number of aldehydes is 1. The van der Waals surface area contributed by atoms with Crippen LogP contribution in [0.4, 0.5) is 0 Å². The van der Waals surface area contributed by atoms with Gasteiger partial charge in [-0.2, -0.15) is 5.26 Å². The van der Waals surface area contributed by atoms with Crippen molar-refractivity contribution < 1.29 is 9.53 Å². The molecule has 0 radical (unpaired) electrons. The van der Waals surface area contributed by atoms with Crippen molar-refractivity contribution >= 4 is 6.29 Å². The maximum absolute atomic E-state index is 9.78. The van der Waals surface area contributed by atoms with Gasteiger partial charge in [0.15, 0.2) is 12.4 Å². The normalized spacial score (nSPS) is 12.0. The molecule has 1 unspecified atom stereocenters. The number of hydrogen-bond acceptors (Lipinski definition) is 3. The number of carbonyl (C=O) groups excluding carboxylic acids is 1. The SMILES string of the molecule is CCOC(C#N)C=O. The predicted molar refractivity (Wildman–Crippen MR) is 27.1 cm³/mol. The third-order valence-electron chi connectivity index (χ3n) is 0.597. The fourth-order valence-electron chi connectivity index (χ4n) is 0.287. The first-order chi connectivity index (χ1) is 3.85. The van der Waals surface area contributed by atoms with Crippen LogP contribution in [0, 0.1) is 11.3 Å². The fraction of sp³-hybridized carbons (Fsp3) is 0.600. The van der Waals surface area contributed by atoms with Gasteiger partial charge in [-0.25, -0.2) is 0 Å². The average molecular weight is 113 g/mol. The summed E-state index contributed by atoms with van der Waals surface area (Å²) in [7, 11) is 0. The highest BCUT2D eigenvalue weighted by atomic mass is 16.5. The summed E-state index contributed by atoms with van der Waals surface area (Å²) < 4.78 is 4.61. The van der Waals surface area contributed by atoms with Crippen LogP contribution in [0.25, 0.3) is 0 Å². The molecule has 0 fully saturated rings. The molecule has 0 aliphatic rings. The molecule has 3 heteroatoms. The molecule has 0 aliphatic heterocycles. The summed E-state index contributed by atoms with van der Waals surface area (Å²) >= 11 is 0. The summed E-state index contributed by atoms with van der Waals surface area (Å²) in [6.45, 7) is 2.13. The van der Waals surface area contributed by atoms with Crippen LogP contribution in [0.1, 0.15) is 6.92 Å². The van der Waals surface area contributed by atoms with Gasteiger partial charge in [-0.3, -0.25) is 4.79 Å². The first-order valence-electron chi connectivity index (χ1n) is 2.31.